The number of urea groups is 1. The number of nitrogens with one attached hydrogen (secondary N) is 4. The van der Waals surface area contributed by atoms with E-state index in [0.717, 1.165) is 0 Å². The molecule has 0 saturated carbocycles. The summed E-state index contributed by atoms with van der Waals surface area (Å²) in [6, 6.07) is -1.46. The molecule has 134 valence electrons. The van der Waals surface area contributed by atoms with E-state index >= 15 is 0 Å². The van der Waals surface area contributed by atoms with E-state index in [9.17, 15) is 27.6 Å². The van der Waals surface area contributed by atoms with Gasteiger partial charge in [0.25, 0.3) is 5.56 Å². The number of hydrogen-bond acceptors (Lipinski definition) is 3. The number of pyridine rings is 1. The van der Waals surface area contributed by atoms with Crippen LogP contribution < -0.4 is 21.5 Å². The van der Waals surface area contributed by atoms with Gasteiger partial charge in [-0.2, -0.15) is 13.2 Å². The summed E-state index contributed by atoms with van der Waals surface area (Å²) < 4.78 is 37.8. The maximum atomic E-state index is 12.6. The molecule has 0 spiro atoms. The van der Waals surface area contributed by atoms with Crippen molar-refractivity contribution in [2.75, 3.05) is 5.32 Å². The van der Waals surface area contributed by atoms with Crippen molar-refractivity contribution in [3.63, 3.8) is 0 Å². The summed E-state index contributed by atoms with van der Waals surface area (Å²) in [4.78, 5) is 36.9. The Kier molecular flexibility index (Phi) is 6.38. The van der Waals surface area contributed by atoms with Crippen molar-refractivity contribution in [2.45, 2.75) is 45.5 Å². The number of carbonyl (C=O) groups is 2. The number of halogens is 3. The van der Waals surface area contributed by atoms with Gasteiger partial charge in [0, 0.05) is 12.2 Å². The van der Waals surface area contributed by atoms with Crippen LogP contribution in [-0.2, 0) is 11.0 Å². The molecule has 0 bridgehead atoms. The number of amides is 3. The van der Waals surface area contributed by atoms with Gasteiger partial charge < -0.3 is 20.9 Å². The van der Waals surface area contributed by atoms with Crippen LogP contribution in [0.3, 0.4) is 0 Å². The van der Waals surface area contributed by atoms with E-state index in [-0.39, 0.29) is 6.04 Å². The van der Waals surface area contributed by atoms with Gasteiger partial charge in [0.2, 0.25) is 5.91 Å². The summed E-state index contributed by atoms with van der Waals surface area (Å²) in [5, 5.41) is 6.89. The highest BCUT2D eigenvalue weighted by molar-refractivity contribution is 5.93. The molecule has 0 aliphatic carbocycles. The third-order valence-electron chi connectivity index (χ3n) is 3.22. The van der Waals surface area contributed by atoms with Crippen LogP contribution in [0, 0.1) is 0 Å². The molecule has 7 nitrogen and oxygen atoms in total. The maximum absolute atomic E-state index is 12.6. The second-order valence-electron chi connectivity index (χ2n) is 5.27. The number of rotatable bonds is 5. The van der Waals surface area contributed by atoms with Gasteiger partial charge in [-0.15, -0.1) is 0 Å². The second-order valence-corrected chi connectivity index (χ2v) is 5.27. The Bertz CT molecular complexity index is 657. The molecule has 0 aliphatic heterocycles. The average Bonchev–Trinajstić information content (AvgIpc) is 2.47. The molecule has 0 aromatic carbocycles. The molecule has 0 unspecified atom stereocenters. The van der Waals surface area contributed by atoms with Crippen LogP contribution in [0.4, 0.5) is 23.7 Å². The number of alkyl halides is 3. The molecule has 1 aromatic heterocycles. The monoisotopic (exact) mass is 348 g/mol. The Morgan fingerprint density at radius 1 is 1.25 bits per heavy atom. The van der Waals surface area contributed by atoms with Crippen molar-refractivity contribution in [3.05, 3.63) is 28.2 Å². The minimum absolute atomic E-state index is 0.0869. The molecule has 0 radical (unpaired) electrons. The summed E-state index contributed by atoms with van der Waals surface area (Å²) in [5.74, 6) is -0.447. The molecule has 0 aliphatic rings. The predicted molar refractivity (Wildman–Crippen MR) is 81.6 cm³/mol. The van der Waals surface area contributed by atoms with Gasteiger partial charge >= 0.3 is 12.2 Å². The average molecular weight is 348 g/mol. The van der Waals surface area contributed by atoms with Crippen molar-refractivity contribution in [3.8, 4) is 0 Å². The summed E-state index contributed by atoms with van der Waals surface area (Å²) >= 11 is 0. The highest BCUT2D eigenvalue weighted by Crippen LogP contribution is 2.29. The van der Waals surface area contributed by atoms with E-state index in [2.05, 4.69) is 10.6 Å². The third-order valence-corrected chi connectivity index (χ3v) is 3.22. The Labute approximate surface area is 136 Å². The summed E-state index contributed by atoms with van der Waals surface area (Å²) in [7, 11) is 0. The van der Waals surface area contributed by atoms with Crippen molar-refractivity contribution in [2.24, 2.45) is 0 Å². The fraction of sp³-hybridized carbons (Fsp3) is 0.500. The topological polar surface area (TPSA) is 103 Å². The smallest absolute Gasteiger partial charge is 0.352 e. The zero-order valence-corrected chi connectivity index (χ0v) is 13.4. The lowest BCUT2D eigenvalue weighted by Gasteiger charge is -2.17. The summed E-state index contributed by atoms with van der Waals surface area (Å²) in [6.45, 7) is 5.07. The van der Waals surface area contributed by atoms with Crippen molar-refractivity contribution >= 4 is 17.6 Å². The van der Waals surface area contributed by atoms with E-state index in [1.165, 1.54) is 6.92 Å². The van der Waals surface area contributed by atoms with Crippen LogP contribution in [0.2, 0.25) is 0 Å². The number of carbonyl (C=O) groups excluding carboxylic acids is 2. The lowest BCUT2D eigenvalue weighted by Crippen LogP contribution is -2.48. The number of H-pyrrole nitrogens is 1. The second kappa shape index (κ2) is 7.84. The van der Waals surface area contributed by atoms with E-state index < -0.39 is 41.0 Å². The molecule has 3 amide bonds. The number of aromatic amines is 1. The molecular formula is C14H19F3N4O3. The Morgan fingerprint density at radius 3 is 2.42 bits per heavy atom. The van der Waals surface area contributed by atoms with E-state index in [0.29, 0.717) is 18.7 Å². The van der Waals surface area contributed by atoms with Crippen LogP contribution in [0.15, 0.2) is 17.1 Å². The van der Waals surface area contributed by atoms with Crippen molar-refractivity contribution in [1.82, 2.24) is 15.6 Å². The first-order valence-corrected chi connectivity index (χ1v) is 7.22. The SMILES string of the molecule is CC[C@H](C)NC(=O)[C@H](C)NC(=O)Nc1cc(C(F)(F)F)c[nH]c1=O. The van der Waals surface area contributed by atoms with Crippen LogP contribution in [-0.4, -0.2) is 29.0 Å². The first-order chi connectivity index (χ1) is 11.0. The largest absolute Gasteiger partial charge is 0.417 e. The molecule has 4 N–H and O–H groups in total. The first kappa shape index (κ1) is 19.5. The predicted octanol–water partition coefficient (Wildman–Crippen LogP) is 1.82. The maximum Gasteiger partial charge on any atom is 0.417 e. The van der Waals surface area contributed by atoms with E-state index in [4.69, 9.17) is 0 Å². The zero-order valence-electron chi connectivity index (χ0n) is 13.4. The Hall–Kier alpha value is -2.52. The number of aromatic nitrogens is 1. The lowest BCUT2D eigenvalue weighted by molar-refractivity contribution is -0.137. The van der Waals surface area contributed by atoms with Crippen molar-refractivity contribution < 1.29 is 22.8 Å². The van der Waals surface area contributed by atoms with Crippen LogP contribution in [0.1, 0.15) is 32.8 Å². The quantitative estimate of drug-likeness (QED) is 0.652. The minimum Gasteiger partial charge on any atom is -0.352 e. The fourth-order valence-corrected chi connectivity index (χ4v) is 1.63. The van der Waals surface area contributed by atoms with Gasteiger partial charge in [0.05, 0.1) is 5.56 Å². The fourth-order valence-electron chi connectivity index (χ4n) is 1.63. The van der Waals surface area contributed by atoms with Gasteiger partial charge in [-0.25, -0.2) is 4.79 Å². The molecule has 1 aromatic rings. The molecule has 1 rings (SSSR count). The number of hydrogen-bond donors (Lipinski definition) is 4. The highest BCUT2D eigenvalue weighted by atomic mass is 19.4. The third kappa shape index (κ3) is 5.60. The molecule has 10 heteroatoms. The van der Waals surface area contributed by atoms with Crippen LogP contribution in [0.25, 0.3) is 0 Å². The Morgan fingerprint density at radius 2 is 1.88 bits per heavy atom. The molecule has 0 fully saturated rings. The zero-order chi connectivity index (χ0) is 18.5. The van der Waals surface area contributed by atoms with Crippen molar-refractivity contribution in [1.29, 1.82) is 0 Å². The van der Waals surface area contributed by atoms with E-state index in [1.807, 2.05) is 17.2 Å². The molecule has 24 heavy (non-hydrogen) atoms. The van der Waals surface area contributed by atoms with E-state index in [1.54, 1.807) is 6.92 Å². The molecule has 2 atom stereocenters. The van der Waals surface area contributed by atoms with Gasteiger partial charge in [0.1, 0.15) is 11.7 Å². The summed E-state index contributed by atoms with van der Waals surface area (Å²) in [5.41, 5.74) is -2.58. The van der Waals surface area contributed by atoms with Crippen LogP contribution in [0.5, 0.6) is 0 Å². The van der Waals surface area contributed by atoms with Gasteiger partial charge in [-0.05, 0) is 26.3 Å². The number of anilines is 1. The lowest BCUT2D eigenvalue weighted by atomic mass is 10.2. The van der Waals surface area contributed by atoms with Gasteiger partial charge in [-0.1, -0.05) is 6.92 Å². The van der Waals surface area contributed by atoms with Crippen LogP contribution >= 0.6 is 0 Å². The van der Waals surface area contributed by atoms with Gasteiger partial charge in [0.15, 0.2) is 0 Å². The standard InChI is InChI=1S/C14H19F3N4O3/c1-4-7(2)19-11(22)8(3)20-13(24)21-10-5-9(14(15,16)17)6-18-12(10)23/h5-8H,4H2,1-3H3,(H,18,23)(H,19,22)(H2,20,21,24)/t7-,8-/m0/s1. The molecule has 1 heterocycles. The molecule has 0 saturated heterocycles. The minimum atomic E-state index is -4.67. The highest BCUT2D eigenvalue weighted by Gasteiger charge is 2.31. The normalized spacial score (nSPS) is 13.8. The summed E-state index contributed by atoms with van der Waals surface area (Å²) in [6.07, 6.45) is -3.46. The molecular weight excluding hydrogens is 329 g/mol. The Balaban J connectivity index is 2.75. The van der Waals surface area contributed by atoms with Gasteiger partial charge in [-0.3, -0.25) is 9.59 Å². The first-order valence-electron chi connectivity index (χ1n) is 7.22.